The van der Waals surface area contributed by atoms with Crippen molar-refractivity contribution in [3.05, 3.63) is 88.5 Å². The van der Waals surface area contributed by atoms with Crippen molar-refractivity contribution in [1.29, 1.82) is 0 Å². The van der Waals surface area contributed by atoms with Gasteiger partial charge in [-0.05, 0) is 37.2 Å². The van der Waals surface area contributed by atoms with E-state index in [9.17, 15) is 9.59 Å². The number of pyridine rings is 1. The zero-order chi connectivity index (χ0) is 26.4. The summed E-state index contributed by atoms with van der Waals surface area (Å²) in [5.74, 6) is 0.232. The fraction of sp³-hybridized carbons (Fsp3) is 0.310. The summed E-state index contributed by atoms with van der Waals surface area (Å²) in [5, 5.41) is 9.86. The zero-order valence-corrected chi connectivity index (χ0v) is 22.0. The SMILES string of the molecule is CCNC[C@H]1CN(c2cncc3ccccc23)C(=O)[C@@]12CN(Cc1cc(C)no1)C(=O)c1ccc(Cl)cc12. The molecule has 2 aromatic carbocycles. The van der Waals surface area contributed by atoms with Gasteiger partial charge < -0.3 is 19.6 Å². The van der Waals surface area contributed by atoms with Crippen LogP contribution in [0.4, 0.5) is 5.69 Å². The molecule has 9 heteroatoms. The van der Waals surface area contributed by atoms with Crippen molar-refractivity contribution in [2.45, 2.75) is 25.8 Å². The van der Waals surface area contributed by atoms with Gasteiger partial charge in [0.2, 0.25) is 5.91 Å². The molecule has 1 N–H and O–H groups in total. The molecule has 1 saturated heterocycles. The summed E-state index contributed by atoms with van der Waals surface area (Å²) in [5.41, 5.74) is 1.68. The summed E-state index contributed by atoms with van der Waals surface area (Å²) >= 11 is 6.49. The lowest BCUT2D eigenvalue weighted by molar-refractivity contribution is -0.123. The van der Waals surface area contributed by atoms with E-state index < -0.39 is 5.41 Å². The van der Waals surface area contributed by atoms with Gasteiger partial charge >= 0.3 is 0 Å². The second-order valence-electron chi connectivity index (χ2n) is 10.1. The van der Waals surface area contributed by atoms with Crippen molar-refractivity contribution in [1.82, 2.24) is 20.4 Å². The maximum atomic E-state index is 14.7. The standard InChI is InChI=1S/C29H28ClN5O3/c1-3-31-13-20-15-35(26-14-32-12-19-6-4-5-7-23(19)26)28(37)29(20)17-34(16-22-10-18(2)33-38-22)27(36)24-9-8-21(30)11-25(24)29/h4-12,14,20,31H,3,13,15-17H2,1-2H3/t20-,29-/m0/s1. The number of hydrogen-bond acceptors (Lipinski definition) is 6. The number of anilines is 1. The molecule has 0 saturated carbocycles. The average molecular weight is 530 g/mol. The highest BCUT2D eigenvalue weighted by molar-refractivity contribution is 6.31. The first kappa shape index (κ1) is 24.6. The van der Waals surface area contributed by atoms with Gasteiger partial charge in [-0.1, -0.05) is 47.9 Å². The molecule has 0 unspecified atom stereocenters. The van der Waals surface area contributed by atoms with Crippen LogP contribution in [-0.2, 0) is 16.8 Å². The Balaban J connectivity index is 1.51. The van der Waals surface area contributed by atoms with Gasteiger partial charge in [-0.15, -0.1) is 0 Å². The first-order valence-corrected chi connectivity index (χ1v) is 13.2. The Hall–Kier alpha value is -3.75. The van der Waals surface area contributed by atoms with Gasteiger partial charge in [0.25, 0.3) is 5.91 Å². The molecule has 2 atom stereocenters. The Morgan fingerprint density at radius 1 is 1.16 bits per heavy atom. The Labute approximate surface area is 225 Å². The monoisotopic (exact) mass is 529 g/mol. The van der Waals surface area contributed by atoms with Crippen molar-refractivity contribution in [2.75, 3.05) is 31.1 Å². The third-order valence-electron chi connectivity index (χ3n) is 7.75. The van der Waals surface area contributed by atoms with E-state index in [1.165, 1.54) is 0 Å². The van der Waals surface area contributed by atoms with E-state index in [2.05, 4.69) is 15.5 Å². The minimum absolute atomic E-state index is 0.0617. The largest absolute Gasteiger partial charge is 0.359 e. The lowest BCUT2D eigenvalue weighted by atomic mass is 9.67. The highest BCUT2D eigenvalue weighted by Crippen LogP contribution is 2.48. The third-order valence-corrected chi connectivity index (χ3v) is 7.98. The lowest BCUT2D eigenvalue weighted by Gasteiger charge is -2.43. The number of halogens is 1. The number of hydrogen-bond donors (Lipinski definition) is 1. The van der Waals surface area contributed by atoms with E-state index >= 15 is 0 Å². The Kier molecular flexibility index (Phi) is 6.16. The van der Waals surface area contributed by atoms with E-state index in [1.807, 2.05) is 49.1 Å². The van der Waals surface area contributed by atoms with Crippen LogP contribution in [0.2, 0.25) is 5.02 Å². The Morgan fingerprint density at radius 3 is 2.79 bits per heavy atom. The third kappa shape index (κ3) is 3.87. The Bertz CT molecular complexity index is 1550. The van der Waals surface area contributed by atoms with Crippen molar-refractivity contribution >= 4 is 39.9 Å². The number of nitrogens with one attached hydrogen (secondary N) is 1. The Morgan fingerprint density at radius 2 is 2.00 bits per heavy atom. The highest BCUT2D eigenvalue weighted by Gasteiger charge is 2.59. The molecule has 8 nitrogen and oxygen atoms in total. The van der Waals surface area contributed by atoms with Crippen LogP contribution in [0.5, 0.6) is 0 Å². The predicted molar refractivity (Wildman–Crippen MR) is 145 cm³/mol. The lowest BCUT2D eigenvalue weighted by Crippen LogP contribution is -2.57. The molecule has 2 aliphatic rings. The van der Waals surface area contributed by atoms with Crippen molar-refractivity contribution in [3.63, 3.8) is 0 Å². The second-order valence-corrected chi connectivity index (χ2v) is 10.5. The molecule has 1 spiro atoms. The van der Waals surface area contributed by atoms with Gasteiger partial charge in [0.1, 0.15) is 0 Å². The van der Waals surface area contributed by atoms with Crippen LogP contribution in [0.3, 0.4) is 0 Å². The van der Waals surface area contributed by atoms with Crippen LogP contribution in [0.1, 0.15) is 34.3 Å². The number of amides is 2. The second kappa shape index (κ2) is 9.53. The fourth-order valence-electron chi connectivity index (χ4n) is 5.99. The van der Waals surface area contributed by atoms with Gasteiger partial charge in [-0.25, -0.2) is 0 Å². The normalized spacial score (nSPS) is 21.1. The van der Waals surface area contributed by atoms with Crippen LogP contribution in [0, 0.1) is 12.8 Å². The zero-order valence-electron chi connectivity index (χ0n) is 21.3. The highest BCUT2D eigenvalue weighted by atomic mass is 35.5. The number of fused-ring (bicyclic) bond motifs is 3. The smallest absolute Gasteiger partial charge is 0.254 e. The maximum absolute atomic E-state index is 14.7. The predicted octanol–water partition coefficient (Wildman–Crippen LogP) is 4.35. The van der Waals surface area contributed by atoms with Gasteiger partial charge in [0.05, 0.1) is 29.5 Å². The molecule has 6 rings (SSSR count). The van der Waals surface area contributed by atoms with E-state index in [4.69, 9.17) is 16.1 Å². The number of carbonyl (C=O) groups is 2. The number of carbonyl (C=O) groups excluding carboxylic acids is 2. The molecule has 0 bridgehead atoms. The summed E-state index contributed by atoms with van der Waals surface area (Å²) in [6.07, 6.45) is 3.56. The average Bonchev–Trinajstić information content (AvgIpc) is 3.45. The number of rotatable bonds is 6. The fourth-order valence-corrected chi connectivity index (χ4v) is 6.17. The molecule has 4 aromatic rings. The summed E-state index contributed by atoms with van der Waals surface area (Å²) < 4.78 is 5.45. The number of benzene rings is 2. The topological polar surface area (TPSA) is 91.6 Å². The molecule has 2 amide bonds. The van der Waals surface area contributed by atoms with Crippen LogP contribution in [0.25, 0.3) is 10.8 Å². The molecular formula is C29H28ClN5O3. The van der Waals surface area contributed by atoms with E-state index in [-0.39, 0.29) is 30.8 Å². The summed E-state index contributed by atoms with van der Waals surface area (Å²) in [7, 11) is 0. The van der Waals surface area contributed by atoms with Crippen molar-refractivity contribution in [2.24, 2.45) is 5.92 Å². The summed E-state index contributed by atoms with van der Waals surface area (Å²) in [6, 6.07) is 15.0. The van der Waals surface area contributed by atoms with Gasteiger partial charge in [0, 0.05) is 59.2 Å². The number of aryl methyl sites for hydroxylation is 1. The quantitative estimate of drug-likeness (QED) is 0.399. The minimum Gasteiger partial charge on any atom is -0.359 e. The van der Waals surface area contributed by atoms with Crippen LogP contribution in [-0.4, -0.2) is 53.0 Å². The van der Waals surface area contributed by atoms with Crippen LogP contribution >= 0.6 is 11.6 Å². The van der Waals surface area contributed by atoms with Crippen LogP contribution in [0.15, 0.2) is 65.4 Å². The first-order chi connectivity index (χ1) is 18.4. The maximum Gasteiger partial charge on any atom is 0.254 e. The van der Waals surface area contributed by atoms with Crippen LogP contribution < -0.4 is 10.2 Å². The van der Waals surface area contributed by atoms with Gasteiger partial charge in [-0.3, -0.25) is 14.6 Å². The number of nitrogens with zero attached hydrogens (tertiary/aromatic N) is 4. The molecular weight excluding hydrogens is 502 g/mol. The van der Waals surface area contributed by atoms with Crippen molar-refractivity contribution in [3.8, 4) is 0 Å². The number of aromatic nitrogens is 2. The minimum atomic E-state index is -0.998. The van der Waals surface area contributed by atoms with E-state index in [0.29, 0.717) is 35.0 Å². The molecule has 2 aromatic heterocycles. The molecule has 38 heavy (non-hydrogen) atoms. The van der Waals surface area contributed by atoms with E-state index in [0.717, 1.165) is 28.7 Å². The van der Waals surface area contributed by atoms with Gasteiger partial charge in [0.15, 0.2) is 5.76 Å². The summed E-state index contributed by atoms with van der Waals surface area (Å²) in [4.78, 5) is 36.4. The van der Waals surface area contributed by atoms with Crippen molar-refractivity contribution < 1.29 is 14.1 Å². The molecule has 194 valence electrons. The first-order valence-electron chi connectivity index (χ1n) is 12.8. The molecule has 0 radical (unpaired) electrons. The molecule has 1 fully saturated rings. The molecule has 0 aliphatic carbocycles. The van der Waals surface area contributed by atoms with E-state index in [1.54, 1.807) is 35.5 Å². The molecule has 4 heterocycles. The molecule has 2 aliphatic heterocycles. The van der Waals surface area contributed by atoms with Gasteiger partial charge in [-0.2, -0.15) is 0 Å². The summed E-state index contributed by atoms with van der Waals surface area (Å²) in [6.45, 7) is 6.17.